The van der Waals surface area contributed by atoms with Crippen molar-refractivity contribution in [1.82, 2.24) is 20.2 Å². The van der Waals surface area contributed by atoms with Crippen LogP contribution in [0.5, 0.6) is 0 Å². The number of hydrogen-bond acceptors (Lipinski definition) is 4. The maximum absolute atomic E-state index is 6.01. The van der Waals surface area contributed by atoms with Gasteiger partial charge in [-0.05, 0) is 47.9 Å². The Balaban J connectivity index is 2.21. The highest BCUT2D eigenvalue weighted by Gasteiger charge is 2.12. The van der Waals surface area contributed by atoms with Crippen LogP contribution in [-0.2, 0) is 6.54 Å². The topological polar surface area (TPSA) is 69.6 Å². The normalized spacial score (nSPS) is 10.9. The van der Waals surface area contributed by atoms with Gasteiger partial charge in [0.15, 0.2) is 5.82 Å². The van der Waals surface area contributed by atoms with Crippen LogP contribution in [0.15, 0.2) is 12.1 Å². The van der Waals surface area contributed by atoms with Gasteiger partial charge in [0.2, 0.25) is 0 Å². The second kappa shape index (κ2) is 6.50. The number of aryl methyl sites for hydroxylation is 3. The van der Waals surface area contributed by atoms with E-state index in [1.54, 1.807) is 0 Å². The number of rotatable bonds is 6. The highest BCUT2D eigenvalue weighted by molar-refractivity contribution is 5.67. The number of tetrazole rings is 1. The van der Waals surface area contributed by atoms with Gasteiger partial charge in [-0.2, -0.15) is 0 Å². The molecule has 2 aromatic rings. The average Bonchev–Trinajstić information content (AvgIpc) is 2.87. The molecule has 20 heavy (non-hydrogen) atoms. The van der Waals surface area contributed by atoms with Crippen molar-refractivity contribution in [3.05, 3.63) is 23.3 Å². The number of nitrogen functional groups attached to an aromatic ring is 1. The van der Waals surface area contributed by atoms with Gasteiger partial charge in [-0.15, -0.1) is 5.10 Å². The summed E-state index contributed by atoms with van der Waals surface area (Å²) in [4.78, 5) is 0. The molecule has 1 aromatic carbocycles. The number of nitrogens with zero attached hydrogens (tertiary/aromatic N) is 4. The van der Waals surface area contributed by atoms with Gasteiger partial charge in [0.05, 0.1) is 0 Å². The Bertz CT molecular complexity index is 574. The van der Waals surface area contributed by atoms with E-state index in [9.17, 15) is 0 Å². The molecule has 0 spiro atoms. The number of anilines is 1. The highest BCUT2D eigenvalue weighted by atomic mass is 15.5. The van der Waals surface area contributed by atoms with Crippen LogP contribution in [0.3, 0.4) is 0 Å². The van der Waals surface area contributed by atoms with Crippen molar-refractivity contribution in [3.8, 4) is 11.4 Å². The van der Waals surface area contributed by atoms with Crippen molar-refractivity contribution in [2.24, 2.45) is 0 Å². The number of unbranched alkanes of at least 4 members (excludes halogenated alkanes) is 3. The van der Waals surface area contributed by atoms with Crippen molar-refractivity contribution in [2.75, 3.05) is 5.73 Å². The van der Waals surface area contributed by atoms with Crippen LogP contribution >= 0.6 is 0 Å². The van der Waals surface area contributed by atoms with E-state index < -0.39 is 0 Å². The second-order valence-electron chi connectivity index (χ2n) is 5.31. The van der Waals surface area contributed by atoms with Gasteiger partial charge >= 0.3 is 0 Å². The smallest absolute Gasteiger partial charge is 0.182 e. The summed E-state index contributed by atoms with van der Waals surface area (Å²) < 4.78 is 1.88. The predicted octanol–water partition coefficient (Wildman–Crippen LogP) is 3.12. The minimum absolute atomic E-state index is 0.783. The summed E-state index contributed by atoms with van der Waals surface area (Å²) in [6.07, 6.45) is 4.81. The molecule has 0 fully saturated rings. The first-order valence-corrected chi connectivity index (χ1v) is 7.26. The summed E-state index contributed by atoms with van der Waals surface area (Å²) >= 11 is 0. The second-order valence-corrected chi connectivity index (χ2v) is 5.31. The van der Waals surface area contributed by atoms with Crippen molar-refractivity contribution in [1.29, 1.82) is 0 Å². The predicted molar refractivity (Wildman–Crippen MR) is 81.3 cm³/mol. The van der Waals surface area contributed by atoms with E-state index in [0.717, 1.165) is 41.2 Å². The van der Waals surface area contributed by atoms with E-state index in [-0.39, 0.29) is 0 Å². The summed E-state index contributed by atoms with van der Waals surface area (Å²) in [5, 5.41) is 12.1. The Morgan fingerprint density at radius 1 is 1.10 bits per heavy atom. The third-order valence-electron chi connectivity index (χ3n) is 3.61. The molecule has 0 radical (unpaired) electrons. The van der Waals surface area contributed by atoms with Crippen LogP contribution in [0.25, 0.3) is 11.4 Å². The van der Waals surface area contributed by atoms with Gasteiger partial charge in [0.1, 0.15) is 0 Å². The standard InChI is InChI=1S/C15H23N5/c1-4-5-6-7-8-20-15(17-18-19-20)13-10-14(16)12(3)9-11(13)2/h9-10H,4-8,16H2,1-3H3. The van der Waals surface area contributed by atoms with Crippen LogP contribution in [0.4, 0.5) is 5.69 Å². The SMILES string of the molecule is CCCCCCn1nnnc1-c1cc(N)c(C)cc1C. The first-order chi connectivity index (χ1) is 9.63. The number of benzene rings is 1. The van der Waals surface area contributed by atoms with E-state index in [1.165, 1.54) is 19.3 Å². The first kappa shape index (κ1) is 14.5. The zero-order valence-corrected chi connectivity index (χ0v) is 12.6. The molecule has 2 rings (SSSR count). The molecule has 1 heterocycles. The highest BCUT2D eigenvalue weighted by Crippen LogP contribution is 2.26. The lowest BCUT2D eigenvalue weighted by Crippen LogP contribution is -2.04. The molecule has 0 saturated heterocycles. The number of hydrogen-bond donors (Lipinski definition) is 1. The van der Waals surface area contributed by atoms with Crippen molar-refractivity contribution in [2.45, 2.75) is 53.0 Å². The lowest BCUT2D eigenvalue weighted by atomic mass is 10.0. The van der Waals surface area contributed by atoms with Crippen LogP contribution < -0.4 is 5.73 Å². The zero-order chi connectivity index (χ0) is 14.5. The molecule has 5 nitrogen and oxygen atoms in total. The first-order valence-electron chi connectivity index (χ1n) is 7.26. The molecule has 1 aromatic heterocycles. The molecular weight excluding hydrogens is 250 g/mol. The molecule has 0 aliphatic rings. The fourth-order valence-corrected chi connectivity index (χ4v) is 2.35. The molecular formula is C15H23N5. The van der Waals surface area contributed by atoms with Crippen molar-refractivity contribution >= 4 is 5.69 Å². The molecule has 0 bridgehead atoms. The van der Waals surface area contributed by atoms with Gasteiger partial charge in [0, 0.05) is 17.8 Å². The molecule has 0 unspecified atom stereocenters. The molecule has 0 saturated carbocycles. The van der Waals surface area contributed by atoms with Crippen LogP contribution in [0, 0.1) is 13.8 Å². The van der Waals surface area contributed by atoms with Gasteiger partial charge in [-0.1, -0.05) is 32.3 Å². The van der Waals surface area contributed by atoms with Gasteiger partial charge < -0.3 is 5.73 Å². The molecule has 0 amide bonds. The fraction of sp³-hybridized carbons (Fsp3) is 0.533. The average molecular weight is 273 g/mol. The van der Waals surface area contributed by atoms with Crippen molar-refractivity contribution < 1.29 is 0 Å². The Morgan fingerprint density at radius 3 is 2.65 bits per heavy atom. The Kier molecular flexibility index (Phi) is 4.71. The van der Waals surface area contributed by atoms with Crippen LogP contribution in [-0.4, -0.2) is 20.2 Å². The van der Waals surface area contributed by atoms with Crippen LogP contribution in [0.1, 0.15) is 43.7 Å². The Morgan fingerprint density at radius 2 is 1.90 bits per heavy atom. The third kappa shape index (κ3) is 3.15. The largest absolute Gasteiger partial charge is 0.398 e. The van der Waals surface area contributed by atoms with E-state index >= 15 is 0 Å². The quantitative estimate of drug-likeness (QED) is 0.648. The molecule has 0 aliphatic carbocycles. The Hall–Kier alpha value is -1.91. The van der Waals surface area contributed by atoms with E-state index in [0.29, 0.717) is 0 Å². The van der Waals surface area contributed by atoms with Gasteiger partial charge in [-0.3, -0.25) is 0 Å². The van der Waals surface area contributed by atoms with Crippen molar-refractivity contribution in [3.63, 3.8) is 0 Å². The minimum Gasteiger partial charge on any atom is -0.398 e. The van der Waals surface area contributed by atoms with E-state index in [4.69, 9.17) is 5.73 Å². The third-order valence-corrected chi connectivity index (χ3v) is 3.61. The molecule has 2 N–H and O–H groups in total. The lowest BCUT2D eigenvalue weighted by molar-refractivity contribution is 0.531. The molecule has 0 atom stereocenters. The summed E-state index contributed by atoms with van der Waals surface area (Å²) in [5.74, 6) is 0.811. The molecule has 5 heteroatoms. The summed E-state index contributed by atoms with van der Waals surface area (Å²) in [7, 11) is 0. The number of aromatic nitrogens is 4. The van der Waals surface area contributed by atoms with Gasteiger partial charge in [0.25, 0.3) is 0 Å². The zero-order valence-electron chi connectivity index (χ0n) is 12.6. The summed E-state index contributed by atoms with van der Waals surface area (Å²) in [5.41, 5.74) is 10.1. The Labute approximate surface area is 120 Å². The van der Waals surface area contributed by atoms with Crippen LogP contribution in [0.2, 0.25) is 0 Å². The molecule has 0 aliphatic heterocycles. The maximum atomic E-state index is 6.01. The van der Waals surface area contributed by atoms with E-state index in [2.05, 4.69) is 35.4 Å². The minimum atomic E-state index is 0.783. The molecule has 108 valence electrons. The number of nitrogens with two attached hydrogens (primary N) is 1. The monoisotopic (exact) mass is 273 g/mol. The maximum Gasteiger partial charge on any atom is 0.182 e. The fourth-order valence-electron chi connectivity index (χ4n) is 2.35. The van der Waals surface area contributed by atoms with E-state index in [1.807, 2.05) is 17.7 Å². The lowest BCUT2D eigenvalue weighted by Gasteiger charge is -2.10. The summed E-state index contributed by atoms with van der Waals surface area (Å²) in [6, 6.07) is 4.06. The summed E-state index contributed by atoms with van der Waals surface area (Å²) in [6.45, 7) is 7.15. The van der Waals surface area contributed by atoms with Gasteiger partial charge in [-0.25, -0.2) is 4.68 Å².